The van der Waals surface area contributed by atoms with Gasteiger partial charge in [0.2, 0.25) is 17.6 Å². The summed E-state index contributed by atoms with van der Waals surface area (Å²) in [4.78, 5) is 16.3. The Morgan fingerprint density at radius 1 is 1.18 bits per heavy atom. The number of nitrogens with one attached hydrogen (secondary N) is 1. The molecule has 10 heteroatoms. The molecular weight excluding hydrogens is 510 g/mol. The number of halogens is 5. The third-order valence-electron chi connectivity index (χ3n) is 3.69. The summed E-state index contributed by atoms with van der Waals surface area (Å²) in [6.07, 6.45) is -4.48. The predicted octanol–water partition coefficient (Wildman–Crippen LogP) is 5.58. The zero-order chi connectivity index (χ0) is 20.3. The molecule has 0 fully saturated rings. The summed E-state index contributed by atoms with van der Waals surface area (Å²) < 4.78 is 44.8. The second-order valence-electron chi connectivity index (χ2n) is 5.76. The van der Waals surface area contributed by atoms with Crippen molar-refractivity contribution in [2.24, 2.45) is 0 Å². The minimum atomic E-state index is -4.60. The van der Waals surface area contributed by atoms with Crippen molar-refractivity contribution in [3.63, 3.8) is 0 Å². The molecule has 0 aliphatic rings. The lowest BCUT2D eigenvalue weighted by molar-refractivity contribution is -0.137. The van der Waals surface area contributed by atoms with E-state index in [0.717, 1.165) is 21.3 Å². The largest absolute Gasteiger partial charge is 0.417 e. The number of nitrogens with zero attached hydrogens (tertiary/aromatic N) is 2. The van der Waals surface area contributed by atoms with Gasteiger partial charge in [-0.25, -0.2) is 0 Å². The Bertz CT molecular complexity index is 990. The van der Waals surface area contributed by atoms with Crippen LogP contribution in [0.2, 0.25) is 5.02 Å². The third kappa shape index (κ3) is 5.22. The summed E-state index contributed by atoms with van der Waals surface area (Å²) in [7, 11) is 0. The number of aromatic nitrogens is 2. The minimum Gasteiger partial charge on any atom is -0.339 e. The molecule has 0 bridgehead atoms. The average molecular weight is 522 g/mol. The van der Waals surface area contributed by atoms with E-state index in [1.54, 1.807) is 0 Å². The van der Waals surface area contributed by atoms with Crippen LogP contribution < -0.4 is 5.32 Å². The van der Waals surface area contributed by atoms with Crippen molar-refractivity contribution in [2.75, 3.05) is 5.32 Å². The van der Waals surface area contributed by atoms with E-state index in [0.29, 0.717) is 5.82 Å². The Labute approximate surface area is 176 Å². The fourth-order valence-corrected chi connectivity index (χ4v) is 2.92. The van der Waals surface area contributed by atoms with Crippen molar-refractivity contribution in [3.05, 3.63) is 62.5 Å². The van der Waals surface area contributed by atoms with Crippen LogP contribution in [0.5, 0.6) is 0 Å². The number of amides is 1. The minimum absolute atomic E-state index is 0.00633. The number of carbonyl (C=O) groups excluding carboxylic acids is 1. The molecule has 0 spiro atoms. The van der Waals surface area contributed by atoms with Gasteiger partial charge in [-0.15, -0.1) is 0 Å². The number of rotatable bonds is 5. The van der Waals surface area contributed by atoms with E-state index in [-0.39, 0.29) is 24.4 Å². The van der Waals surface area contributed by atoms with E-state index in [2.05, 4.69) is 38.0 Å². The van der Waals surface area contributed by atoms with E-state index >= 15 is 0 Å². The second kappa shape index (κ2) is 8.48. The maximum Gasteiger partial charge on any atom is 0.417 e. The van der Waals surface area contributed by atoms with Gasteiger partial charge >= 0.3 is 6.18 Å². The normalized spacial score (nSPS) is 11.5. The van der Waals surface area contributed by atoms with Crippen LogP contribution in [0, 0.1) is 3.57 Å². The number of hydrogen-bond donors (Lipinski definition) is 1. The van der Waals surface area contributed by atoms with E-state index in [1.165, 1.54) is 6.07 Å². The maximum atomic E-state index is 12.9. The van der Waals surface area contributed by atoms with Gasteiger partial charge in [-0.1, -0.05) is 28.9 Å². The summed E-state index contributed by atoms with van der Waals surface area (Å²) in [5.41, 5.74) is -0.224. The molecule has 0 atom stereocenters. The molecule has 0 radical (unpaired) electrons. The zero-order valence-corrected chi connectivity index (χ0v) is 17.0. The molecule has 0 saturated carbocycles. The fraction of sp³-hybridized carbons (Fsp3) is 0.167. The Hall–Kier alpha value is -2.14. The highest BCUT2D eigenvalue weighted by Crippen LogP contribution is 2.36. The number of benzene rings is 2. The van der Waals surface area contributed by atoms with Crippen molar-refractivity contribution in [2.45, 2.75) is 19.0 Å². The lowest BCUT2D eigenvalue weighted by Crippen LogP contribution is -2.14. The summed E-state index contributed by atoms with van der Waals surface area (Å²) >= 11 is 7.74. The molecule has 1 N–H and O–H groups in total. The molecule has 28 heavy (non-hydrogen) atoms. The smallest absolute Gasteiger partial charge is 0.339 e. The lowest BCUT2D eigenvalue weighted by Gasteiger charge is -2.11. The number of aryl methyl sites for hydroxylation is 1. The number of alkyl halides is 3. The Morgan fingerprint density at radius 3 is 2.57 bits per heavy atom. The standard InChI is InChI=1S/C18H12ClF3IN3O2/c19-14-6-5-12(9-13(14)18(20,21)22)24-15(27)7-8-16-25-17(26-28-16)10-1-3-11(23)4-2-10/h1-6,9H,7-8H2,(H,24,27). The molecule has 0 aliphatic heterocycles. The first kappa shape index (κ1) is 20.6. The number of carbonyl (C=O) groups is 1. The van der Waals surface area contributed by atoms with Crippen molar-refractivity contribution in [1.29, 1.82) is 0 Å². The van der Waals surface area contributed by atoms with Gasteiger partial charge in [0, 0.05) is 27.7 Å². The SMILES string of the molecule is O=C(CCc1nc(-c2ccc(I)cc2)no1)Nc1ccc(Cl)c(C(F)(F)F)c1. The third-order valence-corrected chi connectivity index (χ3v) is 4.74. The first-order chi connectivity index (χ1) is 13.2. The lowest BCUT2D eigenvalue weighted by atomic mass is 10.2. The Morgan fingerprint density at radius 2 is 1.89 bits per heavy atom. The molecule has 0 unspecified atom stereocenters. The first-order valence-electron chi connectivity index (χ1n) is 7.97. The van der Waals surface area contributed by atoms with Crippen LogP contribution in [0.25, 0.3) is 11.4 Å². The molecule has 2 aromatic carbocycles. The highest BCUT2D eigenvalue weighted by Gasteiger charge is 2.33. The van der Waals surface area contributed by atoms with Crippen LogP contribution in [0.15, 0.2) is 47.0 Å². The summed E-state index contributed by atoms with van der Waals surface area (Å²) in [6, 6.07) is 10.7. The molecule has 1 aromatic heterocycles. The van der Waals surface area contributed by atoms with Gasteiger partial charge in [0.25, 0.3) is 0 Å². The molecule has 0 aliphatic carbocycles. The van der Waals surface area contributed by atoms with E-state index < -0.39 is 22.7 Å². The summed E-state index contributed by atoms with van der Waals surface area (Å²) in [5.74, 6) is 0.180. The van der Waals surface area contributed by atoms with Crippen molar-refractivity contribution < 1.29 is 22.5 Å². The average Bonchev–Trinajstić information content (AvgIpc) is 3.10. The van der Waals surface area contributed by atoms with Gasteiger partial charge in [0.05, 0.1) is 10.6 Å². The van der Waals surface area contributed by atoms with Crippen LogP contribution in [-0.2, 0) is 17.4 Å². The Kier molecular flexibility index (Phi) is 6.23. The molecule has 3 rings (SSSR count). The highest BCUT2D eigenvalue weighted by molar-refractivity contribution is 14.1. The van der Waals surface area contributed by atoms with E-state index in [9.17, 15) is 18.0 Å². The molecule has 1 amide bonds. The maximum absolute atomic E-state index is 12.9. The molecular formula is C18H12ClF3IN3O2. The highest BCUT2D eigenvalue weighted by atomic mass is 127. The van der Waals surface area contributed by atoms with Crippen molar-refractivity contribution in [1.82, 2.24) is 10.1 Å². The van der Waals surface area contributed by atoms with Crippen LogP contribution in [0.1, 0.15) is 17.9 Å². The van der Waals surface area contributed by atoms with Crippen LogP contribution >= 0.6 is 34.2 Å². The van der Waals surface area contributed by atoms with Crippen molar-refractivity contribution in [3.8, 4) is 11.4 Å². The fourth-order valence-electron chi connectivity index (χ4n) is 2.34. The topological polar surface area (TPSA) is 68.0 Å². The van der Waals surface area contributed by atoms with Crippen LogP contribution in [0.3, 0.4) is 0 Å². The summed E-state index contributed by atoms with van der Waals surface area (Å²) in [5, 5.41) is 5.84. The second-order valence-corrected chi connectivity index (χ2v) is 7.41. The molecule has 3 aromatic rings. The zero-order valence-electron chi connectivity index (χ0n) is 14.1. The van der Waals surface area contributed by atoms with Crippen LogP contribution in [0.4, 0.5) is 18.9 Å². The van der Waals surface area contributed by atoms with E-state index in [1.807, 2.05) is 24.3 Å². The quantitative estimate of drug-likeness (QED) is 0.445. The summed E-state index contributed by atoms with van der Waals surface area (Å²) in [6.45, 7) is 0. The number of hydrogen-bond acceptors (Lipinski definition) is 4. The monoisotopic (exact) mass is 521 g/mol. The van der Waals surface area contributed by atoms with Crippen molar-refractivity contribution >= 4 is 45.8 Å². The van der Waals surface area contributed by atoms with Gasteiger partial charge in [-0.3, -0.25) is 4.79 Å². The molecule has 146 valence electrons. The Balaban J connectivity index is 1.60. The van der Waals surface area contributed by atoms with E-state index in [4.69, 9.17) is 16.1 Å². The van der Waals surface area contributed by atoms with Gasteiger partial charge in [0.1, 0.15) is 0 Å². The van der Waals surface area contributed by atoms with Crippen LogP contribution in [-0.4, -0.2) is 16.0 Å². The molecule has 0 saturated heterocycles. The van der Waals surface area contributed by atoms with Gasteiger partial charge < -0.3 is 9.84 Å². The molecule has 1 heterocycles. The first-order valence-corrected chi connectivity index (χ1v) is 9.43. The van der Waals surface area contributed by atoms with Gasteiger partial charge in [-0.05, 0) is 52.9 Å². The number of anilines is 1. The molecule has 5 nitrogen and oxygen atoms in total. The predicted molar refractivity (Wildman–Crippen MR) is 106 cm³/mol. The van der Waals surface area contributed by atoms with Gasteiger partial charge in [-0.2, -0.15) is 18.2 Å². The van der Waals surface area contributed by atoms with Gasteiger partial charge in [0.15, 0.2) is 0 Å².